The Morgan fingerprint density at radius 3 is 2.96 bits per heavy atom. The summed E-state index contributed by atoms with van der Waals surface area (Å²) in [5.41, 5.74) is -0.729. The molecule has 7 heteroatoms. The molecule has 23 heavy (non-hydrogen) atoms. The minimum absolute atomic E-state index is 0.0207. The molecule has 0 aromatic carbocycles. The normalized spacial score (nSPS) is 34.5. The minimum Gasteiger partial charge on any atom is -0.360 e. The van der Waals surface area contributed by atoms with Crippen molar-refractivity contribution in [3.63, 3.8) is 0 Å². The first kappa shape index (κ1) is 14.4. The minimum atomic E-state index is -0.729. The maximum atomic E-state index is 12.9. The Hall–Kier alpha value is -2.15. The van der Waals surface area contributed by atoms with Gasteiger partial charge in [-0.2, -0.15) is 0 Å². The van der Waals surface area contributed by atoms with E-state index >= 15 is 0 Å². The molecule has 1 aromatic heterocycles. The second-order valence-electron chi connectivity index (χ2n) is 6.78. The third-order valence-electron chi connectivity index (χ3n) is 4.73. The predicted molar refractivity (Wildman–Crippen MR) is 80.6 cm³/mol. The highest BCUT2D eigenvalue weighted by atomic mass is 16.5. The lowest BCUT2D eigenvalue weighted by molar-refractivity contribution is -0.132. The van der Waals surface area contributed by atoms with E-state index in [0.29, 0.717) is 18.1 Å². The molecule has 1 aromatic rings. The summed E-state index contributed by atoms with van der Waals surface area (Å²) in [5, 5.41) is 6.82. The molecule has 2 fully saturated rings. The van der Waals surface area contributed by atoms with E-state index in [2.05, 4.69) is 10.5 Å². The summed E-state index contributed by atoms with van der Waals surface area (Å²) >= 11 is 0. The number of hydrogen-bond donors (Lipinski definition) is 1. The second kappa shape index (κ2) is 4.67. The number of aryl methyl sites for hydroxylation is 1. The summed E-state index contributed by atoms with van der Waals surface area (Å²) in [5.74, 6) is -0.153. The summed E-state index contributed by atoms with van der Waals surface area (Å²) in [6.07, 6.45) is 3.49. The van der Waals surface area contributed by atoms with Gasteiger partial charge in [-0.15, -0.1) is 0 Å². The quantitative estimate of drug-likeness (QED) is 0.833. The standard InChI is InChI=1S/C16H19N3O4/c1-8(2)17-14(20)12-10-4-5-16(22-10)7-19(15(21)13(12)16)11-6-9(3)23-18-11/h4-6,8,10,12-13H,7H2,1-3H3,(H,17,20)/t10-,12?,13?,16?/m1/s1. The zero-order chi connectivity index (χ0) is 16.4. The third kappa shape index (κ3) is 1.96. The Morgan fingerprint density at radius 2 is 2.30 bits per heavy atom. The average Bonchev–Trinajstić information content (AvgIpc) is 3.19. The largest absolute Gasteiger partial charge is 0.360 e. The fraction of sp³-hybridized carbons (Fsp3) is 0.562. The first-order chi connectivity index (χ1) is 10.9. The lowest BCUT2D eigenvalue weighted by atomic mass is 9.76. The molecule has 0 saturated carbocycles. The van der Waals surface area contributed by atoms with E-state index in [0.717, 1.165) is 0 Å². The number of ether oxygens (including phenoxy) is 1. The van der Waals surface area contributed by atoms with Crippen LogP contribution in [0.25, 0.3) is 0 Å². The number of amides is 2. The van der Waals surface area contributed by atoms with Crippen LogP contribution >= 0.6 is 0 Å². The van der Waals surface area contributed by atoms with E-state index in [4.69, 9.17) is 9.26 Å². The van der Waals surface area contributed by atoms with Gasteiger partial charge in [0.2, 0.25) is 11.8 Å². The Bertz CT molecular complexity index is 710. The Morgan fingerprint density at radius 1 is 1.52 bits per heavy atom. The molecule has 4 rings (SSSR count). The van der Waals surface area contributed by atoms with Crippen molar-refractivity contribution >= 4 is 17.6 Å². The topological polar surface area (TPSA) is 84.7 Å². The van der Waals surface area contributed by atoms with Gasteiger partial charge in [-0.1, -0.05) is 17.3 Å². The van der Waals surface area contributed by atoms with Crippen LogP contribution in [0.3, 0.4) is 0 Å². The summed E-state index contributed by atoms with van der Waals surface area (Å²) in [6, 6.07) is 1.74. The Kier molecular flexibility index (Phi) is 2.93. The van der Waals surface area contributed by atoms with Gasteiger partial charge in [-0.25, -0.2) is 0 Å². The molecular weight excluding hydrogens is 298 g/mol. The first-order valence-corrected chi connectivity index (χ1v) is 7.83. The fourth-order valence-electron chi connectivity index (χ4n) is 3.85. The first-order valence-electron chi connectivity index (χ1n) is 7.83. The molecule has 4 heterocycles. The van der Waals surface area contributed by atoms with Crippen LogP contribution < -0.4 is 10.2 Å². The highest BCUT2D eigenvalue weighted by Crippen LogP contribution is 2.52. The van der Waals surface area contributed by atoms with Gasteiger partial charge in [-0.3, -0.25) is 14.5 Å². The van der Waals surface area contributed by atoms with Gasteiger partial charge in [0.05, 0.1) is 24.5 Å². The second-order valence-corrected chi connectivity index (χ2v) is 6.78. The van der Waals surface area contributed by atoms with E-state index < -0.39 is 17.4 Å². The molecule has 2 amide bonds. The van der Waals surface area contributed by atoms with E-state index in [1.54, 1.807) is 17.9 Å². The van der Waals surface area contributed by atoms with Crippen LogP contribution in [-0.4, -0.2) is 41.3 Å². The van der Waals surface area contributed by atoms with Gasteiger partial charge in [0.25, 0.3) is 0 Å². The van der Waals surface area contributed by atoms with Gasteiger partial charge >= 0.3 is 0 Å². The molecule has 0 aliphatic carbocycles. The molecule has 3 aliphatic heterocycles. The Labute approximate surface area is 133 Å². The number of rotatable bonds is 3. The van der Waals surface area contributed by atoms with Crippen molar-refractivity contribution in [2.24, 2.45) is 11.8 Å². The number of carbonyl (C=O) groups is 2. The molecule has 4 atom stereocenters. The maximum Gasteiger partial charge on any atom is 0.235 e. The Balaban J connectivity index is 1.67. The number of anilines is 1. The van der Waals surface area contributed by atoms with Gasteiger partial charge < -0.3 is 14.6 Å². The lowest BCUT2D eigenvalue weighted by Gasteiger charge is -2.24. The van der Waals surface area contributed by atoms with Crippen LogP contribution in [0.5, 0.6) is 0 Å². The van der Waals surface area contributed by atoms with Crippen LogP contribution in [0.4, 0.5) is 5.82 Å². The van der Waals surface area contributed by atoms with Crippen molar-refractivity contribution in [3.8, 4) is 0 Å². The van der Waals surface area contributed by atoms with Crippen LogP contribution in [-0.2, 0) is 14.3 Å². The summed E-state index contributed by atoms with van der Waals surface area (Å²) < 4.78 is 11.1. The van der Waals surface area contributed by atoms with E-state index in [1.807, 2.05) is 26.0 Å². The molecule has 7 nitrogen and oxygen atoms in total. The number of aromatic nitrogens is 1. The highest BCUT2D eigenvalue weighted by molar-refractivity contribution is 6.02. The van der Waals surface area contributed by atoms with Crippen molar-refractivity contribution < 1.29 is 18.8 Å². The molecule has 2 bridgehead atoms. The molecule has 1 spiro atoms. The average molecular weight is 317 g/mol. The highest BCUT2D eigenvalue weighted by Gasteiger charge is 2.67. The van der Waals surface area contributed by atoms with Crippen molar-refractivity contribution in [3.05, 3.63) is 24.0 Å². The number of nitrogens with one attached hydrogen (secondary N) is 1. The summed E-state index contributed by atoms with van der Waals surface area (Å²) in [7, 11) is 0. The molecule has 2 saturated heterocycles. The van der Waals surface area contributed by atoms with E-state index in [-0.39, 0.29) is 24.0 Å². The van der Waals surface area contributed by atoms with Gasteiger partial charge in [0, 0.05) is 12.1 Å². The number of fused-ring (bicyclic) bond motifs is 1. The lowest BCUT2D eigenvalue weighted by Crippen LogP contribution is -2.45. The smallest absolute Gasteiger partial charge is 0.235 e. The van der Waals surface area contributed by atoms with Crippen LogP contribution in [0.15, 0.2) is 22.7 Å². The van der Waals surface area contributed by atoms with Crippen LogP contribution in [0.2, 0.25) is 0 Å². The third-order valence-corrected chi connectivity index (χ3v) is 4.73. The molecule has 3 aliphatic rings. The summed E-state index contributed by atoms with van der Waals surface area (Å²) in [4.78, 5) is 27.0. The van der Waals surface area contributed by atoms with Crippen molar-refractivity contribution in [1.82, 2.24) is 10.5 Å². The molecule has 1 N–H and O–H groups in total. The number of carbonyl (C=O) groups excluding carboxylic acids is 2. The van der Waals surface area contributed by atoms with E-state index in [9.17, 15) is 9.59 Å². The SMILES string of the molecule is Cc1cc(N2CC34C=C[C@@H](O3)C(C(=O)NC(C)C)C4C2=O)no1. The zero-order valence-corrected chi connectivity index (χ0v) is 13.3. The van der Waals surface area contributed by atoms with Gasteiger partial charge in [-0.05, 0) is 20.8 Å². The van der Waals surface area contributed by atoms with Crippen molar-refractivity contribution in [1.29, 1.82) is 0 Å². The van der Waals surface area contributed by atoms with Crippen molar-refractivity contribution in [2.45, 2.75) is 38.5 Å². The van der Waals surface area contributed by atoms with Gasteiger partial charge in [0.1, 0.15) is 11.4 Å². The summed E-state index contributed by atoms with van der Waals surface area (Å²) in [6.45, 7) is 5.94. The van der Waals surface area contributed by atoms with Crippen molar-refractivity contribution in [2.75, 3.05) is 11.4 Å². The monoisotopic (exact) mass is 317 g/mol. The predicted octanol–water partition coefficient (Wildman–Crippen LogP) is 0.794. The number of hydrogen-bond acceptors (Lipinski definition) is 5. The molecule has 122 valence electrons. The molecule has 3 unspecified atom stereocenters. The maximum absolute atomic E-state index is 12.9. The zero-order valence-electron chi connectivity index (χ0n) is 13.3. The van der Waals surface area contributed by atoms with Crippen LogP contribution in [0.1, 0.15) is 19.6 Å². The molecule has 0 radical (unpaired) electrons. The number of nitrogens with zero attached hydrogens (tertiary/aromatic N) is 2. The fourth-order valence-corrected chi connectivity index (χ4v) is 3.85. The van der Waals surface area contributed by atoms with Gasteiger partial charge in [0.15, 0.2) is 5.82 Å². The van der Waals surface area contributed by atoms with E-state index in [1.165, 1.54) is 0 Å². The molecular formula is C16H19N3O4. The van der Waals surface area contributed by atoms with Crippen LogP contribution in [0, 0.1) is 18.8 Å².